The molecule has 6 rings (SSSR count). The molecule has 37 heavy (non-hydrogen) atoms. The molecule has 9 nitrogen and oxygen atoms in total. The average Bonchev–Trinajstić information content (AvgIpc) is 3.62. The SMILES string of the molecule is COc1cnc(C2CC2)c(Cl)c1-c1cc(C)ncc1C(=O)Nc1nc2ncc(C3CC(C#N)C3)nc2s1. The molecule has 2 aliphatic rings. The zero-order valence-corrected chi connectivity index (χ0v) is 21.7. The lowest BCUT2D eigenvalue weighted by atomic mass is 9.74. The van der Waals surface area contributed by atoms with Gasteiger partial charge in [0.05, 0.1) is 47.5 Å². The molecule has 4 aromatic rings. The summed E-state index contributed by atoms with van der Waals surface area (Å²) in [5, 5.41) is 12.8. The van der Waals surface area contributed by atoms with Crippen molar-refractivity contribution in [1.82, 2.24) is 24.9 Å². The number of ether oxygens (including phenoxy) is 1. The van der Waals surface area contributed by atoms with Crippen LogP contribution in [-0.4, -0.2) is 37.9 Å². The molecule has 4 heterocycles. The van der Waals surface area contributed by atoms with Crippen molar-refractivity contribution in [3.05, 3.63) is 52.3 Å². The van der Waals surface area contributed by atoms with Crippen LogP contribution in [0.2, 0.25) is 5.02 Å². The summed E-state index contributed by atoms with van der Waals surface area (Å²) in [6.45, 7) is 1.86. The van der Waals surface area contributed by atoms with Gasteiger partial charge in [0.25, 0.3) is 5.91 Å². The number of nitriles is 1. The Bertz CT molecular complexity index is 1590. The molecule has 0 spiro atoms. The van der Waals surface area contributed by atoms with E-state index in [9.17, 15) is 4.79 Å². The van der Waals surface area contributed by atoms with Crippen LogP contribution >= 0.6 is 22.9 Å². The molecule has 1 amide bonds. The molecule has 0 radical (unpaired) electrons. The standard InChI is InChI=1S/C26H22ClN7O2S/c1-12-5-16(20-19(36-2)11-30-22(21(20)27)14-3-4-14)17(9-29-12)24(35)34-26-33-23-25(37-26)32-18(10-31-23)15-6-13(7-15)8-28/h5,9-11,13-15H,3-4,6-7H2,1-2H3,(H,31,33,34,35). The molecule has 0 unspecified atom stereocenters. The zero-order chi connectivity index (χ0) is 25.7. The van der Waals surface area contributed by atoms with Crippen LogP contribution in [0.25, 0.3) is 21.6 Å². The minimum absolute atomic E-state index is 0.0870. The van der Waals surface area contributed by atoms with E-state index in [0.717, 1.165) is 42.8 Å². The summed E-state index contributed by atoms with van der Waals surface area (Å²) in [6, 6.07) is 4.12. The van der Waals surface area contributed by atoms with Gasteiger partial charge in [-0.1, -0.05) is 22.9 Å². The molecular weight excluding hydrogens is 510 g/mol. The smallest absolute Gasteiger partial charge is 0.259 e. The Hall–Kier alpha value is -3.68. The molecule has 4 aromatic heterocycles. The van der Waals surface area contributed by atoms with Crippen molar-refractivity contribution in [3.63, 3.8) is 0 Å². The highest BCUT2D eigenvalue weighted by Gasteiger charge is 2.32. The third-order valence-corrected chi connectivity index (χ3v) is 8.09. The fourth-order valence-corrected chi connectivity index (χ4v) is 5.79. The second-order valence-electron chi connectivity index (χ2n) is 9.44. The number of carbonyl (C=O) groups is 1. The van der Waals surface area contributed by atoms with Crippen LogP contribution in [0.3, 0.4) is 0 Å². The molecule has 0 aliphatic heterocycles. The van der Waals surface area contributed by atoms with E-state index in [1.807, 2.05) is 13.0 Å². The van der Waals surface area contributed by atoms with E-state index in [0.29, 0.717) is 49.0 Å². The summed E-state index contributed by atoms with van der Waals surface area (Å²) in [4.78, 5) is 36.6. The van der Waals surface area contributed by atoms with Crippen molar-refractivity contribution in [2.24, 2.45) is 5.92 Å². The number of nitrogens with zero attached hydrogens (tertiary/aromatic N) is 6. The number of fused-ring (bicyclic) bond motifs is 1. The number of amides is 1. The maximum atomic E-state index is 13.5. The van der Waals surface area contributed by atoms with Crippen LogP contribution in [0.15, 0.2) is 24.7 Å². The first-order valence-corrected chi connectivity index (χ1v) is 13.2. The average molecular weight is 532 g/mol. The number of thiazole rings is 1. The number of nitrogens with one attached hydrogen (secondary N) is 1. The largest absolute Gasteiger partial charge is 0.494 e. The number of hydrogen-bond donors (Lipinski definition) is 1. The first-order valence-electron chi connectivity index (χ1n) is 12.0. The van der Waals surface area contributed by atoms with Gasteiger partial charge in [-0.05, 0) is 38.7 Å². The lowest BCUT2D eigenvalue weighted by molar-refractivity contribution is 0.102. The van der Waals surface area contributed by atoms with Crippen LogP contribution in [0.5, 0.6) is 5.75 Å². The molecule has 2 aliphatic carbocycles. The predicted octanol–water partition coefficient (Wildman–Crippen LogP) is 5.66. The Morgan fingerprint density at radius 1 is 1.16 bits per heavy atom. The Labute approximate surface area is 221 Å². The number of methoxy groups -OCH3 is 1. The third kappa shape index (κ3) is 4.38. The Kier molecular flexibility index (Phi) is 5.97. The van der Waals surface area contributed by atoms with Gasteiger partial charge in [0.2, 0.25) is 0 Å². The Morgan fingerprint density at radius 2 is 1.97 bits per heavy atom. The van der Waals surface area contributed by atoms with Crippen molar-refractivity contribution in [2.75, 3.05) is 12.4 Å². The number of aromatic nitrogens is 5. The van der Waals surface area contributed by atoms with E-state index in [2.05, 4.69) is 36.3 Å². The number of anilines is 1. The van der Waals surface area contributed by atoms with Crippen molar-refractivity contribution < 1.29 is 9.53 Å². The van der Waals surface area contributed by atoms with Gasteiger partial charge < -0.3 is 4.74 Å². The van der Waals surface area contributed by atoms with Crippen LogP contribution in [-0.2, 0) is 0 Å². The second-order valence-corrected chi connectivity index (χ2v) is 10.8. The minimum atomic E-state index is -0.375. The van der Waals surface area contributed by atoms with E-state index in [-0.39, 0.29) is 17.7 Å². The quantitative estimate of drug-likeness (QED) is 0.337. The van der Waals surface area contributed by atoms with Gasteiger partial charge in [0.15, 0.2) is 15.6 Å². The van der Waals surface area contributed by atoms with E-state index >= 15 is 0 Å². The molecular formula is C26H22ClN7O2S. The van der Waals surface area contributed by atoms with Crippen molar-refractivity contribution in [3.8, 4) is 22.9 Å². The molecule has 0 atom stereocenters. The normalized spacial score (nSPS) is 18.8. The molecule has 0 aromatic carbocycles. The number of carbonyl (C=O) groups excluding carboxylic acids is 1. The highest BCUT2D eigenvalue weighted by molar-refractivity contribution is 7.21. The summed E-state index contributed by atoms with van der Waals surface area (Å²) >= 11 is 8.10. The van der Waals surface area contributed by atoms with Gasteiger partial charge in [-0.3, -0.25) is 20.1 Å². The van der Waals surface area contributed by atoms with Crippen molar-refractivity contribution in [2.45, 2.75) is 44.4 Å². The van der Waals surface area contributed by atoms with E-state index in [4.69, 9.17) is 21.6 Å². The highest BCUT2D eigenvalue weighted by atomic mass is 35.5. The number of hydrogen-bond acceptors (Lipinski definition) is 9. The Balaban J connectivity index is 1.32. The summed E-state index contributed by atoms with van der Waals surface area (Å²) in [5.74, 6) is 0.772. The van der Waals surface area contributed by atoms with Gasteiger partial charge in [-0.15, -0.1) is 0 Å². The maximum Gasteiger partial charge on any atom is 0.259 e. The second kappa shape index (κ2) is 9.32. The summed E-state index contributed by atoms with van der Waals surface area (Å²) in [6.07, 6.45) is 8.60. The van der Waals surface area contributed by atoms with E-state index in [1.165, 1.54) is 17.5 Å². The van der Waals surface area contributed by atoms with Crippen molar-refractivity contribution >= 4 is 44.5 Å². The molecule has 2 saturated carbocycles. The fraction of sp³-hybridized carbons (Fsp3) is 0.346. The highest BCUT2D eigenvalue weighted by Crippen LogP contribution is 2.48. The number of rotatable bonds is 6. The lowest BCUT2D eigenvalue weighted by Gasteiger charge is -2.29. The Morgan fingerprint density at radius 3 is 2.70 bits per heavy atom. The number of halogens is 1. The van der Waals surface area contributed by atoms with Crippen LogP contribution in [0.1, 0.15) is 65.0 Å². The molecule has 2 fully saturated rings. The van der Waals surface area contributed by atoms with Crippen LogP contribution < -0.4 is 10.1 Å². The molecule has 11 heteroatoms. The monoisotopic (exact) mass is 531 g/mol. The summed E-state index contributed by atoms with van der Waals surface area (Å²) < 4.78 is 5.58. The number of pyridine rings is 2. The molecule has 0 bridgehead atoms. The first-order chi connectivity index (χ1) is 17.9. The van der Waals surface area contributed by atoms with Gasteiger partial charge >= 0.3 is 0 Å². The van der Waals surface area contributed by atoms with Gasteiger partial charge in [0.1, 0.15) is 5.75 Å². The topological polar surface area (TPSA) is 127 Å². The summed E-state index contributed by atoms with van der Waals surface area (Å²) in [5.41, 5.74) is 4.48. The number of aryl methyl sites for hydroxylation is 1. The van der Waals surface area contributed by atoms with Gasteiger partial charge in [-0.25, -0.2) is 9.97 Å². The third-order valence-electron chi connectivity index (χ3n) is 6.85. The van der Waals surface area contributed by atoms with Crippen molar-refractivity contribution in [1.29, 1.82) is 5.26 Å². The summed E-state index contributed by atoms with van der Waals surface area (Å²) in [7, 11) is 1.56. The molecule has 186 valence electrons. The predicted molar refractivity (Wildman–Crippen MR) is 140 cm³/mol. The lowest BCUT2D eigenvalue weighted by Crippen LogP contribution is -2.21. The molecule has 1 N–H and O–H groups in total. The van der Waals surface area contributed by atoms with Gasteiger partial charge in [0, 0.05) is 40.8 Å². The molecule has 0 saturated heterocycles. The fourth-order valence-electron chi connectivity index (χ4n) is 4.59. The zero-order valence-electron chi connectivity index (χ0n) is 20.2. The van der Waals surface area contributed by atoms with E-state index in [1.54, 1.807) is 19.5 Å². The minimum Gasteiger partial charge on any atom is -0.494 e. The van der Waals surface area contributed by atoms with E-state index < -0.39 is 0 Å². The van der Waals surface area contributed by atoms with Gasteiger partial charge in [-0.2, -0.15) is 10.2 Å². The maximum absolute atomic E-state index is 13.5. The van der Waals surface area contributed by atoms with Crippen LogP contribution in [0, 0.1) is 24.2 Å². The first kappa shape index (κ1) is 23.7. The van der Waals surface area contributed by atoms with Crippen LogP contribution in [0.4, 0.5) is 5.13 Å².